The summed E-state index contributed by atoms with van der Waals surface area (Å²) in [4.78, 5) is 37.1. The predicted octanol–water partition coefficient (Wildman–Crippen LogP) is 3.94. The number of hydrogen-bond donors (Lipinski definition) is 3. The number of methoxy groups -OCH3 is 1. The van der Waals surface area contributed by atoms with E-state index in [9.17, 15) is 14.4 Å². The lowest BCUT2D eigenvalue weighted by molar-refractivity contribution is -0.138. The van der Waals surface area contributed by atoms with Gasteiger partial charge in [-0.25, -0.2) is 0 Å². The number of rotatable bonds is 7. The summed E-state index contributed by atoms with van der Waals surface area (Å²) >= 11 is 1.41. The molecule has 1 atom stereocenters. The molecule has 29 heavy (non-hydrogen) atoms. The van der Waals surface area contributed by atoms with Gasteiger partial charge in [0.05, 0.1) is 19.1 Å². The Kier molecular flexibility index (Phi) is 6.53. The number of carbonyl (C=O) groups is 3. The van der Waals surface area contributed by atoms with Crippen LogP contribution in [0.25, 0.3) is 0 Å². The number of nitrogens with one attached hydrogen (secondary N) is 2. The van der Waals surface area contributed by atoms with Crippen molar-refractivity contribution in [1.82, 2.24) is 0 Å². The maximum absolute atomic E-state index is 13.1. The molecule has 0 saturated heterocycles. The molecule has 1 heterocycles. The van der Waals surface area contributed by atoms with Crippen LogP contribution >= 0.6 is 11.3 Å². The largest absolute Gasteiger partial charge is 0.497 e. The van der Waals surface area contributed by atoms with Crippen LogP contribution in [0.15, 0.2) is 24.3 Å². The van der Waals surface area contributed by atoms with Crippen molar-refractivity contribution in [3.05, 3.63) is 40.3 Å². The number of hydrogen-bond acceptors (Lipinski definition) is 5. The molecule has 0 saturated carbocycles. The van der Waals surface area contributed by atoms with Gasteiger partial charge in [0.15, 0.2) is 0 Å². The molecule has 1 aromatic carbocycles. The van der Waals surface area contributed by atoms with Crippen molar-refractivity contribution >= 4 is 39.8 Å². The van der Waals surface area contributed by atoms with Gasteiger partial charge in [-0.3, -0.25) is 14.4 Å². The number of aliphatic carboxylic acids is 1. The second-order valence-corrected chi connectivity index (χ2v) is 8.29. The normalized spacial score (nSPS) is 15.3. The zero-order valence-electron chi connectivity index (χ0n) is 16.4. The highest BCUT2D eigenvalue weighted by atomic mass is 32.1. The number of amides is 2. The van der Waals surface area contributed by atoms with Crippen molar-refractivity contribution < 1.29 is 24.2 Å². The number of benzene rings is 1. The fraction of sp³-hybridized carbons (Fsp3) is 0.381. The summed E-state index contributed by atoms with van der Waals surface area (Å²) in [5.74, 6) is -0.504. The summed E-state index contributed by atoms with van der Waals surface area (Å²) in [6.45, 7) is 2.17. The van der Waals surface area contributed by atoms with Crippen LogP contribution in [-0.2, 0) is 22.4 Å². The molecule has 1 aromatic heterocycles. The van der Waals surface area contributed by atoms with Gasteiger partial charge in [-0.2, -0.15) is 0 Å². The zero-order valence-corrected chi connectivity index (χ0v) is 17.2. The van der Waals surface area contributed by atoms with E-state index in [0.717, 1.165) is 29.7 Å². The van der Waals surface area contributed by atoms with Crippen LogP contribution in [0.2, 0.25) is 0 Å². The Hall–Kier alpha value is -2.87. The minimum Gasteiger partial charge on any atom is -0.497 e. The Morgan fingerprint density at radius 2 is 1.90 bits per heavy atom. The molecule has 0 spiro atoms. The van der Waals surface area contributed by atoms with Gasteiger partial charge in [-0.1, -0.05) is 6.92 Å². The van der Waals surface area contributed by atoms with E-state index in [2.05, 4.69) is 17.6 Å². The molecule has 7 nitrogen and oxygen atoms in total. The molecular formula is C21H24N2O5S. The zero-order chi connectivity index (χ0) is 21.0. The summed E-state index contributed by atoms with van der Waals surface area (Å²) in [5, 5.41) is 14.9. The second kappa shape index (κ2) is 9.09. The standard InChI is InChI=1S/C21H24N2O5S/c1-12-3-8-15-16(11-12)29-21(23-17(24)9-10-18(25)26)19(15)20(27)22-13-4-6-14(28-2)7-5-13/h4-7,12H,3,8-11H2,1-2H3,(H,22,27)(H,23,24)(H,25,26). The SMILES string of the molecule is COc1ccc(NC(=O)c2c(NC(=O)CCC(=O)O)sc3c2CCC(C)C3)cc1. The first-order chi connectivity index (χ1) is 13.9. The van der Waals surface area contributed by atoms with Crippen molar-refractivity contribution in [2.24, 2.45) is 5.92 Å². The molecular weight excluding hydrogens is 392 g/mol. The summed E-state index contributed by atoms with van der Waals surface area (Å²) in [5.41, 5.74) is 2.09. The highest BCUT2D eigenvalue weighted by Gasteiger charge is 2.28. The highest BCUT2D eigenvalue weighted by molar-refractivity contribution is 7.17. The van der Waals surface area contributed by atoms with Crippen molar-refractivity contribution in [3.63, 3.8) is 0 Å². The van der Waals surface area contributed by atoms with E-state index in [1.807, 2.05) is 0 Å². The van der Waals surface area contributed by atoms with Gasteiger partial charge in [-0.05, 0) is 55.0 Å². The van der Waals surface area contributed by atoms with Crippen molar-refractivity contribution in [3.8, 4) is 5.75 Å². The van der Waals surface area contributed by atoms with Gasteiger partial charge in [-0.15, -0.1) is 11.3 Å². The molecule has 3 rings (SSSR count). The van der Waals surface area contributed by atoms with Gasteiger partial charge < -0.3 is 20.5 Å². The quantitative estimate of drug-likeness (QED) is 0.634. The Morgan fingerprint density at radius 1 is 1.17 bits per heavy atom. The minimum atomic E-state index is -1.03. The minimum absolute atomic E-state index is 0.131. The average molecular weight is 416 g/mol. The van der Waals surface area contributed by atoms with Gasteiger partial charge >= 0.3 is 5.97 Å². The fourth-order valence-corrected chi connectivity index (χ4v) is 4.78. The summed E-state index contributed by atoms with van der Waals surface area (Å²) < 4.78 is 5.13. The van der Waals surface area contributed by atoms with Crippen LogP contribution < -0.4 is 15.4 Å². The summed E-state index contributed by atoms with van der Waals surface area (Å²) in [7, 11) is 1.57. The van der Waals surface area contributed by atoms with Crippen molar-refractivity contribution in [2.45, 2.75) is 39.0 Å². The number of ether oxygens (including phenoxy) is 1. The van der Waals surface area contributed by atoms with E-state index in [0.29, 0.717) is 27.9 Å². The number of fused-ring (bicyclic) bond motifs is 1. The first-order valence-corrected chi connectivity index (χ1v) is 10.3. The van der Waals surface area contributed by atoms with E-state index in [4.69, 9.17) is 9.84 Å². The van der Waals surface area contributed by atoms with Gasteiger partial charge in [0, 0.05) is 17.0 Å². The first-order valence-electron chi connectivity index (χ1n) is 9.49. The third-order valence-electron chi connectivity index (χ3n) is 4.91. The van der Waals surface area contributed by atoms with Crippen LogP contribution in [0.5, 0.6) is 5.75 Å². The van der Waals surface area contributed by atoms with Crippen molar-refractivity contribution in [1.29, 1.82) is 0 Å². The molecule has 2 aromatic rings. The van der Waals surface area contributed by atoms with Crippen LogP contribution in [0, 0.1) is 5.92 Å². The Morgan fingerprint density at radius 3 is 2.55 bits per heavy atom. The molecule has 2 amide bonds. The molecule has 8 heteroatoms. The smallest absolute Gasteiger partial charge is 0.303 e. The Labute approximate surface area is 173 Å². The number of anilines is 2. The maximum Gasteiger partial charge on any atom is 0.303 e. The molecule has 1 aliphatic carbocycles. The summed E-state index contributed by atoms with van der Waals surface area (Å²) in [6.07, 6.45) is 2.26. The van der Waals surface area contributed by atoms with Crippen molar-refractivity contribution in [2.75, 3.05) is 17.7 Å². The summed E-state index contributed by atoms with van der Waals surface area (Å²) in [6, 6.07) is 7.02. The third-order valence-corrected chi connectivity index (χ3v) is 6.08. The molecule has 3 N–H and O–H groups in total. The Balaban J connectivity index is 1.85. The third kappa shape index (κ3) is 5.14. The monoisotopic (exact) mass is 416 g/mol. The lowest BCUT2D eigenvalue weighted by atomic mass is 9.88. The van der Waals surface area contributed by atoms with Crippen LogP contribution in [0.3, 0.4) is 0 Å². The number of carboxylic acid groups (broad SMARTS) is 1. The Bertz CT molecular complexity index is 920. The number of thiophene rings is 1. The topological polar surface area (TPSA) is 105 Å². The molecule has 0 bridgehead atoms. The fourth-order valence-electron chi connectivity index (χ4n) is 3.36. The van der Waals surface area contributed by atoms with Gasteiger partial charge in [0.2, 0.25) is 5.91 Å². The van der Waals surface area contributed by atoms with E-state index in [1.54, 1.807) is 31.4 Å². The lowest BCUT2D eigenvalue weighted by Gasteiger charge is -2.18. The molecule has 0 aliphatic heterocycles. The molecule has 1 aliphatic rings. The van der Waals surface area contributed by atoms with E-state index < -0.39 is 11.9 Å². The molecule has 0 radical (unpaired) electrons. The van der Waals surface area contributed by atoms with E-state index >= 15 is 0 Å². The van der Waals surface area contributed by atoms with Crippen LogP contribution in [0.1, 0.15) is 47.0 Å². The molecule has 1 unspecified atom stereocenters. The molecule has 0 fully saturated rings. The highest BCUT2D eigenvalue weighted by Crippen LogP contribution is 2.40. The van der Waals surface area contributed by atoms with E-state index in [-0.39, 0.29) is 18.7 Å². The van der Waals surface area contributed by atoms with Crippen LogP contribution in [0.4, 0.5) is 10.7 Å². The van der Waals surface area contributed by atoms with Crippen LogP contribution in [-0.4, -0.2) is 30.0 Å². The lowest BCUT2D eigenvalue weighted by Crippen LogP contribution is -2.19. The van der Waals surface area contributed by atoms with Gasteiger partial charge in [0.25, 0.3) is 5.91 Å². The molecule has 154 valence electrons. The number of carbonyl (C=O) groups excluding carboxylic acids is 2. The second-order valence-electron chi connectivity index (χ2n) is 7.18. The maximum atomic E-state index is 13.1. The van der Waals surface area contributed by atoms with Gasteiger partial charge in [0.1, 0.15) is 10.8 Å². The predicted molar refractivity (Wildman–Crippen MR) is 112 cm³/mol. The van der Waals surface area contributed by atoms with E-state index in [1.165, 1.54) is 11.3 Å². The average Bonchev–Trinajstić information content (AvgIpc) is 3.03. The number of carboxylic acids is 1. The first kappa shape index (κ1) is 20.9.